The van der Waals surface area contributed by atoms with E-state index in [1.54, 1.807) is 36.5 Å². The van der Waals surface area contributed by atoms with Crippen LogP contribution in [0.4, 0.5) is 0 Å². The summed E-state index contributed by atoms with van der Waals surface area (Å²) < 4.78 is 6.75. The van der Waals surface area contributed by atoms with Crippen molar-refractivity contribution in [2.75, 3.05) is 0 Å². The summed E-state index contributed by atoms with van der Waals surface area (Å²) in [6.45, 7) is 0.252. The molecule has 0 fully saturated rings. The Morgan fingerprint density at radius 2 is 1.83 bits per heavy atom. The molecule has 3 rings (SSSR count). The summed E-state index contributed by atoms with van der Waals surface area (Å²) in [6.07, 6.45) is 3.06. The molecule has 0 radical (unpaired) electrons. The van der Waals surface area contributed by atoms with Gasteiger partial charge in [-0.15, -0.1) is 0 Å². The first-order chi connectivity index (χ1) is 11.5. The number of halogens is 3. The Morgan fingerprint density at radius 1 is 1.00 bits per heavy atom. The minimum atomic E-state index is -0.347. The highest BCUT2D eigenvalue weighted by Crippen LogP contribution is 2.23. The monoisotopic (exact) mass is 381 g/mol. The fraction of sp³-hybridized carbons (Fsp3) is 0.0625. The van der Waals surface area contributed by atoms with E-state index in [9.17, 15) is 4.79 Å². The van der Waals surface area contributed by atoms with Crippen LogP contribution < -0.4 is 10.3 Å². The number of ether oxygens (including phenoxy) is 1. The van der Waals surface area contributed by atoms with Crippen molar-refractivity contribution in [2.24, 2.45) is 0 Å². The number of pyridine rings is 1. The highest BCUT2D eigenvalue weighted by atomic mass is 35.5. The van der Waals surface area contributed by atoms with Crippen LogP contribution in [0.1, 0.15) is 5.56 Å². The molecule has 0 aliphatic carbocycles. The summed E-state index contributed by atoms with van der Waals surface area (Å²) in [5, 5.41) is 5.25. The van der Waals surface area contributed by atoms with Crippen LogP contribution in [0.5, 0.6) is 5.75 Å². The third-order valence-corrected chi connectivity index (χ3v) is 4.08. The Labute approximate surface area is 152 Å². The Balaban J connectivity index is 1.78. The fourth-order valence-electron chi connectivity index (χ4n) is 1.94. The van der Waals surface area contributed by atoms with E-state index in [2.05, 4.69) is 10.1 Å². The smallest absolute Gasteiger partial charge is 0.275 e. The highest BCUT2D eigenvalue weighted by Gasteiger charge is 2.06. The molecule has 122 valence electrons. The van der Waals surface area contributed by atoms with Crippen molar-refractivity contribution in [1.29, 1.82) is 0 Å². The molecule has 0 aliphatic heterocycles. The summed E-state index contributed by atoms with van der Waals surface area (Å²) in [5.41, 5.74) is 0.996. The average molecular weight is 383 g/mol. The molecular formula is C16H10Cl3N3O2. The van der Waals surface area contributed by atoms with Gasteiger partial charge in [0, 0.05) is 17.8 Å². The number of nitrogens with zero attached hydrogens (tertiary/aromatic N) is 3. The van der Waals surface area contributed by atoms with E-state index in [1.807, 2.05) is 0 Å². The fourth-order valence-corrected chi connectivity index (χ4v) is 2.34. The molecule has 2 heterocycles. The summed E-state index contributed by atoms with van der Waals surface area (Å²) >= 11 is 17.6. The van der Waals surface area contributed by atoms with Gasteiger partial charge in [0.05, 0.1) is 21.9 Å². The van der Waals surface area contributed by atoms with Crippen LogP contribution in [0.15, 0.2) is 53.6 Å². The average Bonchev–Trinajstić information content (AvgIpc) is 2.57. The number of hydrogen-bond acceptors (Lipinski definition) is 4. The molecule has 3 aromatic rings. The van der Waals surface area contributed by atoms with E-state index in [0.29, 0.717) is 26.6 Å². The first-order valence-electron chi connectivity index (χ1n) is 6.81. The molecule has 0 unspecified atom stereocenters. The number of aromatic nitrogens is 3. The first kappa shape index (κ1) is 16.8. The van der Waals surface area contributed by atoms with Gasteiger partial charge in [0.1, 0.15) is 17.5 Å². The van der Waals surface area contributed by atoms with Crippen LogP contribution in [0.2, 0.25) is 15.2 Å². The van der Waals surface area contributed by atoms with E-state index in [-0.39, 0.29) is 12.2 Å². The maximum Gasteiger partial charge on any atom is 0.275 e. The maximum absolute atomic E-state index is 12.2. The van der Waals surface area contributed by atoms with Crippen molar-refractivity contribution in [1.82, 2.24) is 14.8 Å². The highest BCUT2D eigenvalue weighted by molar-refractivity contribution is 6.42. The molecule has 0 saturated heterocycles. The molecule has 0 spiro atoms. The van der Waals surface area contributed by atoms with Crippen molar-refractivity contribution in [3.05, 3.63) is 79.9 Å². The zero-order valence-electron chi connectivity index (χ0n) is 12.1. The Kier molecular flexibility index (Phi) is 5.04. The second-order valence-corrected chi connectivity index (χ2v) is 6.02. The van der Waals surface area contributed by atoms with Gasteiger partial charge in [0.15, 0.2) is 0 Å². The van der Waals surface area contributed by atoms with Gasteiger partial charge in [-0.3, -0.25) is 4.79 Å². The summed E-state index contributed by atoms with van der Waals surface area (Å²) in [6, 6.07) is 9.63. The summed E-state index contributed by atoms with van der Waals surface area (Å²) in [7, 11) is 0. The van der Waals surface area contributed by atoms with Crippen molar-refractivity contribution >= 4 is 34.8 Å². The second kappa shape index (κ2) is 7.21. The lowest BCUT2D eigenvalue weighted by Gasteiger charge is -2.08. The number of benzene rings is 1. The standard InChI is InChI=1S/C16H10Cl3N3O2/c17-13-3-2-11(5-14(13)18)22-16(23)6-12(8-21-22)24-9-10-1-4-15(19)20-7-10/h1-8H,9H2. The molecular weight excluding hydrogens is 373 g/mol. The van der Waals surface area contributed by atoms with Gasteiger partial charge in [-0.1, -0.05) is 40.9 Å². The van der Waals surface area contributed by atoms with Crippen LogP contribution in [-0.4, -0.2) is 14.8 Å². The van der Waals surface area contributed by atoms with Gasteiger partial charge in [0.25, 0.3) is 5.56 Å². The van der Waals surface area contributed by atoms with E-state index in [1.165, 1.54) is 16.9 Å². The van der Waals surface area contributed by atoms with Crippen LogP contribution >= 0.6 is 34.8 Å². The van der Waals surface area contributed by atoms with Crippen LogP contribution in [0, 0.1) is 0 Å². The van der Waals surface area contributed by atoms with Crippen molar-refractivity contribution < 1.29 is 4.74 Å². The quantitative estimate of drug-likeness (QED) is 0.636. The van der Waals surface area contributed by atoms with E-state index < -0.39 is 0 Å². The third-order valence-electron chi connectivity index (χ3n) is 3.12. The molecule has 0 bridgehead atoms. The Bertz CT molecular complexity index is 927. The minimum absolute atomic E-state index is 0.252. The Hall–Kier alpha value is -2.08. The van der Waals surface area contributed by atoms with Crippen LogP contribution in [-0.2, 0) is 6.61 Å². The van der Waals surface area contributed by atoms with Gasteiger partial charge in [-0.05, 0) is 24.3 Å². The molecule has 8 heteroatoms. The predicted octanol–water partition coefficient (Wildman–Crippen LogP) is 4.17. The number of hydrogen-bond donors (Lipinski definition) is 0. The van der Waals surface area contributed by atoms with Crippen LogP contribution in [0.25, 0.3) is 5.69 Å². The van der Waals surface area contributed by atoms with Gasteiger partial charge >= 0.3 is 0 Å². The molecule has 24 heavy (non-hydrogen) atoms. The lowest BCUT2D eigenvalue weighted by molar-refractivity contribution is 0.302. The van der Waals surface area contributed by atoms with Gasteiger partial charge in [-0.25, -0.2) is 4.98 Å². The summed E-state index contributed by atoms with van der Waals surface area (Å²) in [5.74, 6) is 0.353. The SMILES string of the molecule is O=c1cc(OCc2ccc(Cl)nc2)cnn1-c1ccc(Cl)c(Cl)c1. The lowest BCUT2D eigenvalue weighted by Crippen LogP contribution is -2.20. The Morgan fingerprint density at radius 3 is 2.50 bits per heavy atom. The van der Waals surface area contributed by atoms with Gasteiger partial charge in [0.2, 0.25) is 0 Å². The predicted molar refractivity (Wildman–Crippen MR) is 93.4 cm³/mol. The molecule has 0 N–H and O–H groups in total. The molecule has 0 saturated carbocycles. The summed E-state index contributed by atoms with van der Waals surface area (Å²) in [4.78, 5) is 16.2. The third kappa shape index (κ3) is 3.87. The molecule has 0 aliphatic rings. The van der Waals surface area contributed by atoms with E-state index >= 15 is 0 Å². The first-order valence-corrected chi connectivity index (χ1v) is 7.94. The van der Waals surface area contributed by atoms with E-state index in [0.717, 1.165) is 5.56 Å². The molecule has 0 atom stereocenters. The molecule has 1 aromatic carbocycles. The largest absolute Gasteiger partial charge is 0.487 e. The van der Waals surface area contributed by atoms with Crippen molar-refractivity contribution in [2.45, 2.75) is 6.61 Å². The molecule has 0 amide bonds. The van der Waals surface area contributed by atoms with E-state index in [4.69, 9.17) is 39.5 Å². The second-order valence-electron chi connectivity index (χ2n) is 4.82. The molecule has 5 nitrogen and oxygen atoms in total. The molecule has 2 aromatic heterocycles. The minimum Gasteiger partial charge on any atom is -0.487 e. The normalized spacial score (nSPS) is 10.6. The van der Waals surface area contributed by atoms with Crippen LogP contribution in [0.3, 0.4) is 0 Å². The topological polar surface area (TPSA) is 57.0 Å². The zero-order valence-corrected chi connectivity index (χ0v) is 14.4. The zero-order chi connectivity index (χ0) is 17.1. The number of rotatable bonds is 4. The van der Waals surface area contributed by atoms with Crippen molar-refractivity contribution in [3.63, 3.8) is 0 Å². The van der Waals surface area contributed by atoms with Gasteiger partial charge < -0.3 is 4.74 Å². The maximum atomic E-state index is 12.2. The van der Waals surface area contributed by atoms with Crippen molar-refractivity contribution in [3.8, 4) is 11.4 Å². The lowest BCUT2D eigenvalue weighted by atomic mass is 10.3. The van der Waals surface area contributed by atoms with Gasteiger partial charge in [-0.2, -0.15) is 9.78 Å².